The minimum Gasteiger partial charge on any atom is -0.406 e. The van der Waals surface area contributed by atoms with E-state index in [0.29, 0.717) is 11.7 Å². The van der Waals surface area contributed by atoms with E-state index in [2.05, 4.69) is 19.6 Å². The van der Waals surface area contributed by atoms with E-state index >= 15 is 0 Å². The molecule has 1 heterocycles. The Morgan fingerprint density at radius 3 is 2.59 bits per heavy atom. The van der Waals surface area contributed by atoms with Crippen LogP contribution in [-0.2, 0) is 4.79 Å². The predicted molar refractivity (Wildman–Crippen MR) is 96.8 cm³/mol. The minimum atomic E-state index is -4.73. The monoisotopic (exact) mass is 399 g/mol. The van der Waals surface area contributed by atoms with Gasteiger partial charge in [0.15, 0.2) is 5.16 Å². The van der Waals surface area contributed by atoms with Gasteiger partial charge < -0.3 is 14.6 Å². The van der Waals surface area contributed by atoms with E-state index in [4.69, 9.17) is 0 Å². The molecule has 5 nitrogen and oxygen atoms in total. The number of nitrogens with one attached hydrogen (secondary N) is 1. The molecule has 2 aromatic rings. The fourth-order valence-corrected chi connectivity index (χ4v) is 3.94. The molecule has 0 bridgehead atoms. The number of imidazole rings is 1. The highest BCUT2D eigenvalue weighted by molar-refractivity contribution is 7.99. The van der Waals surface area contributed by atoms with Gasteiger partial charge in [0.05, 0.1) is 5.75 Å². The summed E-state index contributed by atoms with van der Waals surface area (Å²) in [6, 6.07) is 5.49. The first kappa shape index (κ1) is 19.6. The van der Waals surface area contributed by atoms with Crippen LogP contribution < -0.4 is 10.1 Å². The molecule has 0 radical (unpaired) electrons. The van der Waals surface area contributed by atoms with Gasteiger partial charge in [-0.3, -0.25) is 4.79 Å². The molecule has 0 saturated heterocycles. The predicted octanol–water partition coefficient (Wildman–Crippen LogP) is 5.02. The number of amides is 1. The number of benzene rings is 1. The first-order valence-corrected chi connectivity index (χ1v) is 9.70. The van der Waals surface area contributed by atoms with Crippen molar-refractivity contribution in [2.45, 2.75) is 49.7 Å². The number of hydrogen-bond donors (Lipinski definition) is 1. The highest BCUT2D eigenvalue weighted by Crippen LogP contribution is 2.31. The molecular formula is C18H20F3N3O2S. The Hall–Kier alpha value is -2.16. The Morgan fingerprint density at radius 2 is 1.93 bits per heavy atom. The Labute approximate surface area is 159 Å². The van der Waals surface area contributed by atoms with Gasteiger partial charge in [-0.2, -0.15) is 0 Å². The van der Waals surface area contributed by atoms with Crippen molar-refractivity contribution in [3.63, 3.8) is 0 Å². The number of aromatic nitrogens is 2. The second-order valence-corrected chi connectivity index (χ2v) is 7.26. The van der Waals surface area contributed by atoms with E-state index in [1.807, 2.05) is 6.20 Å². The van der Waals surface area contributed by atoms with Crippen LogP contribution in [0.15, 0.2) is 41.8 Å². The quantitative estimate of drug-likeness (QED) is 0.693. The van der Waals surface area contributed by atoms with E-state index in [-0.39, 0.29) is 17.4 Å². The van der Waals surface area contributed by atoms with Gasteiger partial charge >= 0.3 is 6.36 Å². The molecule has 1 aliphatic carbocycles. The van der Waals surface area contributed by atoms with Crippen LogP contribution in [0.1, 0.15) is 38.1 Å². The molecule has 1 N–H and O–H groups in total. The molecule has 0 aliphatic heterocycles. The van der Waals surface area contributed by atoms with E-state index in [1.54, 1.807) is 6.20 Å². The van der Waals surface area contributed by atoms with Crippen molar-refractivity contribution in [1.82, 2.24) is 9.55 Å². The van der Waals surface area contributed by atoms with Crippen molar-refractivity contribution in [1.29, 1.82) is 0 Å². The first-order chi connectivity index (χ1) is 12.9. The van der Waals surface area contributed by atoms with E-state index in [1.165, 1.54) is 43.2 Å². The summed E-state index contributed by atoms with van der Waals surface area (Å²) in [5, 5.41) is 3.47. The lowest BCUT2D eigenvalue weighted by Crippen LogP contribution is -2.17. The fraction of sp³-hybridized carbons (Fsp3) is 0.444. The van der Waals surface area contributed by atoms with Gasteiger partial charge in [0.25, 0.3) is 0 Å². The number of carbonyl (C=O) groups excluding carboxylic acids is 1. The summed E-state index contributed by atoms with van der Waals surface area (Å²) in [7, 11) is 0. The zero-order valence-corrected chi connectivity index (χ0v) is 15.4. The number of anilines is 1. The highest BCUT2D eigenvalue weighted by Gasteiger charge is 2.31. The number of halogens is 3. The third-order valence-corrected chi connectivity index (χ3v) is 5.29. The van der Waals surface area contributed by atoms with Crippen LogP contribution in [0.4, 0.5) is 18.9 Å². The number of carbonyl (C=O) groups is 1. The number of ether oxygens (including phenoxy) is 1. The van der Waals surface area contributed by atoms with Gasteiger partial charge in [-0.25, -0.2) is 4.98 Å². The summed E-state index contributed by atoms with van der Waals surface area (Å²) in [5.41, 5.74) is 0.408. The highest BCUT2D eigenvalue weighted by atomic mass is 32.2. The number of thioether (sulfide) groups is 1. The smallest absolute Gasteiger partial charge is 0.406 e. The maximum atomic E-state index is 12.2. The largest absolute Gasteiger partial charge is 0.573 e. The molecule has 3 rings (SSSR count). The van der Waals surface area contributed by atoms with E-state index in [9.17, 15) is 18.0 Å². The number of hydrogen-bond acceptors (Lipinski definition) is 4. The van der Waals surface area contributed by atoms with Gasteiger partial charge in [0, 0.05) is 24.1 Å². The van der Waals surface area contributed by atoms with Crippen molar-refractivity contribution in [2.75, 3.05) is 11.1 Å². The summed E-state index contributed by atoms with van der Waals surface area (Å²) < 4.78 is 42.4. The Kier molecular flexibility index (Phi) is 6.30. The summed E-state index contributed by atoms with van der Waals surface area (Å²) in [4.78, 5) is 16.5. The lowest BCUT2D eigenvalue weighted by atomic mass is 9.95. The Balaban J connectivity index is 1.51. The number of rotatable bonds is 6. The third-order valence-electron chi connectivity index (χ3n) is 4.31. The first-order valence-electron chi connectivity index (χ1n) is 8.72. The van der Waals surface area contributed by atoms with Crippen molar-refractivity contribution < 1.29 is 22.7 Å². The van der Waals surface area contributed by atoms with Gasteiger partial charge in [-0.15, -0.1) is 13.2 Å². The van der Waals surface area contributed by atoms with Crippen LogP contribution in [0, 0.1) is 0 Å². The van der Waals surface area contributed by atoms with Crippen molar-refractivity contribution in [2.24, 2.45) is 0 Å². The zero-order chi connectivity index (χ0) is 19.3. The van der Waals surface area contributed by atoms with Crippen LogP contribution in [0.25, 0.3) is 0 Å². The second kappa shape index (κ2) is 8.69. The molecule has 9 heteroatoms. The van der Waals surface area contributed by atoms with Gasteiger partial charge in [0.1, 0.15) is 5.75 Å². The normalized spacial score (nSPS) is 15.5. The molecule has 1 saturated carbocycles. The summed E-state index contributed by atoms with van der Waals surface area (Å²) in [6.45, 7) is 0. The van der Waals surface area contributed by atoms with Gasteiger partial charge in [0.2, 0.25) is 5.91 Å². The lowest BCUT2D eigenvalue weighted by molar-refractivity contribution is -0.274. The van der Waals surface area contributed by atoms with Crippen molar-refractivity contribution >= 4 is 23.4 Å². The molecule has 146 valence electrons. The maximum Gasteiger partial charge on any atom is 0.573 e. The van der Waals surface area contributed by atoms with E-state index in [0.717, 1.165) is 30.1 Å². The van der Waals surface area contributed by atoms with Crippen molar-refractivity contribution in [3.05, 3.63) is 36.7 Å². The average Bonchev–Trinajstić information content (AvgIpc) is 3.10. The van der Waals surface area contributed by atoms with Crippen LogP contribution >= 0.6 is 11.8 Å². The molecule has 1 fully saturated rings. The van der Waals surface area contributed by atoms with Gasteiger partial charge in [-0.1, -0.05) is 31.0 Å². The average molecular weight is 399 g/mol. The van der Waals surface area contributed by atoms with Crippen LogP contribution in [0.3, 0.4) is 0 Å². The maximum absolute atomic E-state index is 12.2. The second-order valence-electron chi connectivity index (χ2n) is 6.32. The molecule has 1 aromatic heterocycles. The van der Waals surface area contributed by atoms with Crippen LogP contribution in [0.2, 0.25) is 0 Å². The minimum absolute atomic E-state index is 0.171. The molecule has 1 amide bonds. The zero-order valence-electron chi connectivity index (χ0n) is 14.5. The Morgan fingerprint density at radius 1 is 1.22 bits per heavy atom. The summed E-state index contributed by atoms with van der Waals surface area (Å²) >= 11 is 1.35. The molecular weight excluding hydrogens is 379 g/mol. The fourth-order valence-electron chi connectivity index (χ4n) is 3.12. The SMILES string of the molecule is O=C(CSc1nccn1C1CCCCC1)Nc1ccc(OC(F)(F)F)cc1. The van der Waals surface area contributed by atoms with Crippen molar-refractivity contribution in [3.8, 4) is 5.75 Å². The standard InChI is InChI=1S/C18H20F3N3O2S/c19-18(20,21)26-15-8-6-13(7-9-15)23-16(25)12-27-17-22-10-11-24(17)14-4-2-1-3-5-14/h6-11,14H,1-5,12H2,(H,23,25). The molecule has 1 aliphatic rings. The van der Waals surface area contributed by atoms with Crippen LogP contribution in [0.5, 0.6) is 5.75 Å². The molecule has 0 unspecified atom stereocenters. The lowest BCUT2D eigenvalue weighted by Gasteiger charge is -2.24. The van der Waals surface area contributed by atoms with E-state index < -0.39 is 6.36 Å². The summed E-state index contributed by atoms with van der Waals surface area (Å²) in [5.74, 6) is -0.406. The van der Waals surface area contributed by atoms with Gasteiger partial charge in [-0.05, 0) is 37.1 Å². The topological polar surface area (TPSA) is 56.2 Å². The Bertz CT molecular complexity index is 756. The van der Waals surface area contributed by atoms with Crippen LogP contribution in [-0.4, -0.2) is 27.6 Å². The number of alkyl halides is 3. The molecule has 27 heavy (non-hydrogen) atoms. The molecule has 1 aromatic carbocycles. The third kappa shape index (κ3) is 5.92. The molecule has 0 spiro atoms. The number of nitrogens with zero attached hydrogens (tertiary/aromatic N) is 2. The summed E-state index contributed by atoms with van der Waals surface area (Å²) in [6.07, 6.45) is 4.91. The molecule has 0 atom stereocenters.